The molecule has 0 unspecified atom stereocenters. The van der Waals surface area contributed by atoms with Gasteiger partial charge in [0.2, 0.25) is 0 Å². The Bertz CT molecular complexity index is 661. The Labute approximate surface area is 172 Å². The molecule has 7 heteroatoms. The molecule has 0 bridgehead atoms. The third-order valence-corrected chi connectivity index (χ3v) is 5.39. The summed E-state index contributed by atoms with van der Waals surface area (Å²) in [6, 6.07) is 9.02. The molecule has 1 amide bonds. The van der Waals surface area contributed by atoms with E-state index < -0.39 is 36.6 Å². The lowest BCUT2D eigenvalue weighted by Gasteiger charge is -2.41. The number of hydrogen-bond acceptors (Lipinski definition) is 6. The molecule has 2 aliphatic rings. The van der Waals surface area contributed by atoms with Gasteiger partial charge in [0.25, 0.3) is 0 Å². The number of carbonyl (C=O) groups is 2. The topological polar surface area (TPSA) is 83.1 Å². The molecule has 29 heavy (non-hydrogen) atoms. The number of amides is 1. The van der Waals surface area contributed by atoms with Crippen LogP contribution in [0.25, 0.3) is 0 Å². The molecular weight excluding hydrogens is 374 g/mol. The fourth-order valence-electron chi connectivity index (χ4n) is 3.97. The van der Waals surface area contributed by atoms with Crippen molar-refractivity contribution in [3.63, 3.8) is 0 Å². The van der Waals surface area contributed by atoms with Crippen molar-refractivity contribution in [2.75, 3.05) is 0 Å². The van der Waals surface area contributed by atoms with E-state index in [4.69, 9.17) is 18.9 Å². The molecular formula is C22H31NO6. The van der Waals surface area contributed by atoms with Gasteiger partial charge in [0, 0.05) is 13.3 Å². The average Bonchev–Trinajstić information content (AvgIpc) is 2.70. The Morgan fingerprint density at radius 3 is 2.55 bits per heavy atom. The molecule has 3 rings (SSSR count). The average molecular weight is 405 g/mol. The Morgan fingerprint density at radius 1 is 1.14 bits per heavy atom. The first-order valence-electron chi connectivity index (χ1n) is 10.5. The lowest BCUT2D eigenvalue weighted by atomic mass is 9.96. The van der Waals surface area contributed by atoms with Gasteiger partial charge in [-0.05, 0) is 25.3 Å². The highest BCUT2D eigenvalue weighted by molar-refractivity contribution is 5.68. The Kier molecular flexibility index (Phi) is 7.89. The monoisotopic (exact) mass is 405 g/mol. The second-order valence-corrected chi connectivity index (χ2v) is 7.79. The predicted octanol–water partition coefficient (Wildman–Crippen LogP) is 3.70. The quantitative estimate of drug-likeness (QED) is 0.727. The van der Waals surface area contributed by atoms with E-state index >= 15 is 0 Å². The van der Waals surface area contributed by atoms with E-state index in [1.54, 1.807) is 0 Å². The fraction of sp³-hybridized carbons (Fsp3) is 0.636. The zero-order chi connectivity index (χ0) is 20.6. The molecule has 0 radical (unpaired) electrons. The van der Waals surface area contributed by atoms with Crippen molar-refractivity contribution in [1.29, 1.82) is 0 Å². The molecule has 160 valence electrons. The minimum absolute atomic E-state index is 0.172. The number of ether oxygens (including phenoxy) is 4. The van der Waals surface area contributed by atoms with Crippen molar-refractivity contribution in [2.24, 2.45) is 0 Å². The number of nitrogens with one attached hydrogen (secondary N) is 1. The molecule has 0 spiro atoms. The van der Waals surface area contributed by atoms with Gasteiger partial charge in [-0.1, -0.05) is 49.6 Å². The molecule has 1 saturated carbocycles. The normalized spacial score (nSPS) is 27.8. The van der Waals surface area contributed by atoms with Crippen LogP contribution in [-0.2, 0) is 30.3 Å². The summed E-state index contributed by atoms with van der Waals surface area (Å²) in [7, 11) is 0. The van der Waals surface area contributed by atoms with Crippen molar-refractivity contribution in [2.45, 2.75) is 89.6 Å². The minimum Gasteiger partial charge on any atom is -0.458 e. The summed E-state index contributed by atoms with van der Waals surface area (Å²) in [4.78, 5) is 23.9. The molecule has 1 heterocycles. The Morgan fingerprint density at radius 2 is 1.86 bits per heavy atom. The molecule has 0 aromatic heterocycles. The smallest absolute Gasteiger partial charge is 0.407 e. The number of alkyl carbamates (subject to hydrolysis) is 1. The van der Waals surface area contributed by atoms with E-state index in [-0.39, 0.29) is 12.7 Å². The second kappa shape index (κ2) is 10.6. The van der Waals surface area contributed by atoms with Crippen molar-refractivity contribution in [3.8, 4) is 0 Å². The maximum atomic E-state index is 12.4. The maximum absolute atomic E-state index is 12.4. The van der Waals surface area contributed by atoms with Crippen LogP contribution < -0.4 is 5.32 Å². The van der Waals surface area contributed by atoms with E-state index in [0.717, 1.165) is 31.2 Å². The first kappa shape index (κ1) is 21.6. The van der Waals surface area contributed by atoms with Gasteiger partial charge in [-0.15, -0.1) is 0 Å². The molecule has 2 fully saturated rings. The molecule has 4 atom stereocenters. The highest BCUT2D eigenvalue weighted by atomic mass is 16.7. The van der Waals surface area contributed by atoms with Crippen LogP contribution in [0.15, 0.2) is 30.3 Å². The van der Waals surface area contributed by atoms with Crippen LogP contribution in [0.3, 0.4) is 0 Å². The van der Waals surface area contributed by atoms with Gasteiger partial charge in [0.15, 0.2) is 6.29 Å². The third kappa shape index (κ3) is 6.72. The van der Waals surface area contributed by atoms with Crippen LogP contribution >= 0.6 is 0 Å². The van der Waals surface area contributed by atoms with Crippen LogP contribution in [-0.4, -0.2) is 42.7 Å². The minimum atomic E-state index is -0.594. The molecule has 1 aliphatic carbocycles. The second-order valence-electron chi connectivity index (χ2n) is 7.79. The Hall–Kier alpha value is -2.12. The predicted molar refractivity (Wildman–Crippen MR) is 106 cm³/mol. The van der Waals surface area contributed by atoms with Gasteiger partial charge in [0.1, 0.15) is 12.7 Å². The largest absolute Gasteiger partial charge is 0.458 e. The number of carbonyl (C=O) groups excluding carboxylic acids is 2. The summed E-state index contributed by atoms with van der Waals surface area (Å²) in [5.41, 5.74) is 0.901. The van der Waals surface area contributed by atoms with Crippen molar-refractivity contribution >= 4 is 12.1 Å². The standard InChI is InChI=1S/C22H31NO6/c1-15-21(28-16(2)24)19(13-20(27-15)29-18-11-7-4-8-12-18)23-22(25)26-14-17-9-5-3-6-10-17/h3,5-6,9-10,15,18-21H,4,7-8,11-14H2,1-2H3,(H,23,25)/t15-,19+,20-,21-/m0/s1. The van der Waals surface area contributed by atoms with E-state index in [0.29, 0.717) is 6.42 Å². The summed E-state index contributed by atoms with van der Waals surface area (Å²) < 4.78 is 22.9. The number of rotatable bonds is 6. The first-order chi connectivity index (χ1) is 14.0. The lowest BCUT2D eigenvalue weighted by molar-refractivity contribution is -0.248. The van der Waals surface area contributed by atoms with E-state index in [1.165, 1.54) is 13.3 Å². The maximum Gasteiger partial charge on any atom is 0.407 e. The van der Waals surface area contributed by atoms with Crippen LogP contribution in [0, 0.1) is 0 Å². The van der Waals surface area contributed by atoms with Gasteiger partial charge >= 0.3 is 12.1 Å². The van der Waals surface area contributed by atoms with Gasteiger partial charge in [0.05, 0.1) is 18.2 Å². The lowest BCUT2D eigenvalue weighted by Crippen LogP contribution is -2.57. The van der Waals surface area contributed by atoms with Gasteiger partial charge in [-0.25, -0.2) is 4.79 Å². The molecule has 1 aliphatic heterocycles. The number of benzene rings is 1. The summed E-state index contributed by atoms with van der Waals surface area (Å²) in [5, 5.41) is 2.84. The summed E-state index contributed by atoms with van der Waals surface area (Å²) in [6.45, 7) is 3.35. The van der Waals surface area contributed by atoms with Gasteiger partial charge in [-0.2, -0.15) is 0 Å². The molecule has 7 nitrogen and oxygen atoms in total. The fourth-order valence-corrected chi connectivity index (χ4v) is 3.97. The van der Waals surface area contributed by atoms with Crippen molar-refractivity contribution < 1.29 is 28.5 Å². The van der Waals surface area contributed by atoms with Crippen LogP contribution in [0.5, 0.6) is 0 Å². The number of esters is 1. The highest BCUT2D eigenvalue weighted by Crippen LogP contribution is 2.28. The molecule has 1 N–H and O–H groups in total. The highest BCUT2D eigenvalue weighted by Gasteiger charge is 2.41. The Balaban J connectivity index is 1.58. The third-order valence-electron chi connectivity index (χ3n) is 5.39. The van der Waals surface area contributed by atoms with Crippen LogP contribution in [0.1, 0.15) is 57.9 Å². The van der Waals surface area contributed by atoms with Crippen molar-refractivity contribution in [3.05, 3.63) is 35.9 Å². The van der Waals surface area contributed by atoms with E-state index in [9.17, 15) is 9.59 Å². The summed E-state index contributed by atoms with van der Waals surface area (Å²) >= 11 is 0. The van der Waals surface area contributed by atoms with E-state index in [1.807, 2.05) is 37.3 Å². The SMILES string of the molecule is CC(=O)O[C@H]1[C@H](C)O[C@@H](OC2CCCCC2)C[C@H]1NC(=O)OCc1ccccc1. The molecule has 1 aromatic rings. The van der Waals surface area contributed by atoms with Crippen molar-refractivity contribution in [1.82, 2.24) is 5.32 Å². The molecule has 1 saturated heterocycles. The number of hydrogen-bond donors (Lipinski definition) is 1. The zero-order valence-electron chi connectivity index (χ0n) is 17.2. The van der Waals surface area contributed by atoms with Crippen LogP contribution in [0.4, 0.5) is 4.79 Å². The van der Waals surface area contributed by atoms with E-state index in [2.05, 4.69) is 5.32 Å². The first-order valence-corrected chi connectivity index (χ1v) is 10.5. The van der Waals surface area contributed by atoms with Crippen LogP contribution in [0.2, 0.25) is 0 Å². The zero-order valence-corrected chi connectivity index (χ0v) is 17.2. The van der Waals surface area contributed by atoms with Gasteiger partial charge in [-0.3, -0.25) is 4.79 Å². The summed E-state index contributed by atoms with van der Waals surface area (Å²) in [6.07, 6.45) is 4.21. The van der Waals surface area contributed by atoms with Gasteiger partial charge < -0.3 is 24.3 Å². The summed E-state index contributed by atoms with van der Waals surface area (Å²) in [5.74, 6) is -0.415. The molecule has 1 aromatic carbocycles.